The second-order valence-corrected chi connectivity index (χ2v) is 4.87. The van der Waals surface area contributed by atoms with Crippen molar-refractivity contribution in [3.63, 3.8) is 0 Å². The maximum Gasteiger partial charge on any atom is 0.337 e. The van der Waals surface area contributed by atoms with Crippen molar-refractivity contribution in [2.75, 3.05) is 5.32 Å². The van der Waals surface area contributed by atoms with Gasteiger partial charge >= 0.3 is 5.97 Å². The number of phenolic OH excluding ortho intramolecular Hbond substituents is 1. The third kappa shape index (κ3) is 3.03. The summed E-state index contributed by atoms with van der Waals surface area (Å²) in [4.78, 5) is 11.1. The first-order valence-electron chi connectivity index (χ1n) is 6.03. The van der Waals surface area contributed by atoms with Crippen LogP contribution in [0.1, 0.15) is 21.5 Å². The number of nitrogens with one attached hydrogen (secondary N) is 1. The van der Waals surface area contributed by atoms with Crippen molar-refractivity contribution >= 4 is 23.3 Å². The van der Waals surface area contributed by atoms with Crippen molar-refractivity contribution in [2.24, 2.45) is 0 Å². The van der Waals surface area contributed by atoms with Gasteiger partial charge in [-0.1, -0.05) is 23.7 Å². The zero-order chi connectivity index (χ0) is 14.7. The number of anilines is 1. The van der Waals surface area contributed by atoms with Gasteiger partial charge < -0.3 is 15.5 Å². The highest BCUT2D eigenvalue weighted by molar-refractivity contribution is 6.30. The van der Waals surface area contributed by atoms with Crippen LogP contribution in [0.2, 0.25) is 5.02 Å². The Morgan fingerprint density at radius 2 is 2.00 bits per heavy atom. The predicted octanol–water partition coefficient (Wildman–Crippen LogP) is 3.66. The maximum absolute atomic E-state index is 11.1. The van der Waals surface area contributed by atoms with E-state index in [0.29, 0.717) is 21.8 Å². The number of phenols is 1. The molecule has 0 aromatic heterocycles. The number of carbonyl (C=O) groups is 1. The highest BCUT2D eigenvalue weighted by atomic mass is 35.5. The summed E-state index contributed by atoms with van der Waals surface area (Å²) in [7, 11) is 0. The Morgan fingerprint density at radius 1 is 1.30 bits per heavy atom. The molecule has 4 nitrogen and oxygen atoms in total. The van der Waals surface area contributed by atoms with Gasteiger partial charge in [0.15, 0.2) is 0 Å². The Morgan fingerprint density at radius 3 is 2.70 bits per heavy atom. The number of aryl methyl sites for hydroxylation is 1. The second-order valence-electron chi connectivity index (χ2n) is 4.43. The first kappa shape index (κ1) is 14.2. The molecular formula is C15H14ClNO3. The minimum atomic E-state index is -1.00. The number of para-hydroxylation sites is 1. The van der Waals surface area contributed by atoms with Crippen LogP contribution in [0.3, 0.4) is 0 Å². The van der Waals surface area contributed by atoms with E-state index in [4.69, 9.17) is 16.7 Å². The van der Waals surface area contributed by atoms with Crippen LogP contribution < -0.4 is 5.32 Å². The minimum Gasteiger partial charge on any atom is -0.507 e. The first-order chi connectivity index (χ1) is 9.49. The highest BCUT2D eigenvalue weighted by Crippen LogP contribution is 2.27. The van der Waals surface area contributed by atoms with Crippen molar-refractivity contribution in [1.82, 2.24) is 0 Å². The molecule has 2 rings (SSSR count). The smallest absolute Gasteiger partial charge is 0.337 e. The SMILES string of the molecule is Cc1cc(Cl)cc(CNc2ccccc2C(=O)O)c1O. The fourth-order valence-electron chi connectivity index (χ4n) is 1.95. The van der Waals surface area contributed by atoms with E-state index < -0.39 is 5.97 Å². The molecule has 0 radical (unpaired) electrons. The third-order valence-corrected chi connectivity index (χ3v) is 3.19. The van der Waals surface area contributed by atoms with Gasteiger partial charge in [-0.05, 0) is 36.8 Å². The monoisotopic (exact) mass is 291 g/mol. The lowest BCUT2D eigenvalue weighted by Gasteiger charge is -2.12. The third-order valence-electron chi connectivity index (χ3n) is 2.97. The molecule has 0 bridgehead atoms. The number of carboxylic acid groups (broad SMARTS) is 1. The quantitative estimate of drug-likeness (QED) is 0.804. The van der Waals surface area contributed by atoms with Crippen LogP contribution in [-0.4, -0.2) is 16.2 Å². The van der Waals surface area contributed by atoms with Gasteiger partial charge in [0.25, 0.3) is 0 Å². The van der Waals surface area contributed by atoms with Crippen LogP contribution in [0.25, 0.3) is 0 Å². The van der Waals surface area contributed by atoms with Crippen LogP contribution in [0, 0.1) is 6.92 Å². The van der Waals surface area contributed by atoms with E-state index in [9.17, 15) is 9.90 Å². The number of halogens is 1. The molecule has 3 N–H and O–H groups in total. The lowest BCUT2D eigenvalue weighted by molar-refractivity contribution is 0.0698. The van der Waals surface area contributed by atoms with Gasteiger partial charge in [-0.15, -0.1) is 0 Å². The summed E-state index contributed by atoms with van der Waals surface area (Å²) >= 11 is 5.95. The fraction of sp³-hybridized carbons (Fsp3) is 0.133. The van der Waals surface area contributed by atoms with E-state index >= 15 is 0 Å². The van der Waals surface area contributed by atoms with Gasteiger partial charge in [-0.25, -0.2) is 4.79 Å². The summed E-state index contributed by atoms with van der Waals surface area (Å²) in [6.45, 7) is 2.05. The van der Waals surface area contributed by atoms with E-state index in [1.165, 1.54) is 6.07 Å². The molecule has 5 heteroatoms. The van der Waals surface area contributed by atoms with Gasteiger partial charge in [-0.2, -0.15) is 0 Å². The van der Waals surface area contributed by atoms with Gasteiger partial charge in [0.1, 0.15) is 5.75 Å². The summed E-state index contributed by atoms with van der Waals surface area (Å²) in [5.41, 5.74) is 1.98. The van der Waals surface area contributed by atoms with Crippen LogP contribution in [0.15, 0.2) is 36.4 Å². The molecule has 0 aliphatic carbocycles. The molecule has 2 aromatic carbocycles. The minimum absolute atomic E-state index is 0.162. The van der Waals surface area contributed by atoms with E-state index in [-0.39, 0.29) is 17.9 Å². The Hall–Kier alpha value is -2.20. The summed E-state index contributed by atoms with van der Waals surface area (Å²) in [5.74, 6) is -0.839. The average molecular weight is 292 g/mol. The Labute approximate surface area is 121 Å². The standard InChI is InChI=1S/C15H14ClNO3/c1-9-6-11(16)7-10(14(9)18)8-17-13-5-3-2-4-12(13)15(19)20/h2-7,17-18H,8H2,1H3,(H,19,20). The van der Waals surface area contributed by atoms with Crippen molar-refractivity contribution in [2.45, 2.75) is 13.5 Å². The Bertz CT molecular complexity index is 656. The van der Waals surface area contributed by atoms with Crippen LogP contribution in [0.5, 0.6) is 5.75 Å². The van der Waals surface area contributed by atoms with Crippen LogP contribution in [-0.2, 0) is 6.54 Å². The van der Waals surface area contributed by atoms with Crippen molar-refractivity contribution in [3.8, 4) is 5.75 Å². The molecule has 0 fully saturated rings. The number of aromatic carboxylic acids is 1. The zero-order valence-corrected chi connectivity index (χ0v) is 11.6. The molecule has 0 heterocycles. The fourth-order valence-corrected chi connectivity index (χ4v) is 2.25. The largest absolute Gasteiger partial charge is 0.507 e. The van der Waals surface area contributed by atoms with Gasteiger partial charge in [-0.3, -0.25) is 0 Å². The number of hydrogen-bond donors (Lipinski definition) is 3. The molecule has 0 atom stereocenters. The van der Waals surface area contributed by atoms with Crippen LogP contribution in [0.4, 0.5) is 5.69 Å². The Balaban J connectivity index is 2.24. The van der Waals surface area contributed by atoms with Crippen molar-refractivity contribution in [3.05, 3.63) is 58.1 Å². The lowest BCUT2D eigenvalue weighted by Crippen LogP contribution is -2.06. The summed E-state index contributed by atoms with van der Waals surface area (Å²) < 4.78 is 0. The maximum atomic E-state index is 11.1. The normalized spacial score (nSPS) is 10.3. The molecule has 2 aromatic rings. The number of benzene rings is 2. The topological polar surface area (TPSA) is 69.6 Å². The number of rotatable bonds is 4. The highest BCUT2D eigenvalue weighted by Gasteiger charge is 2.10. The molecule has 0 amide bonds. The summed E-state index contributed by atoms with van der Waals surface area (Å²) in [6.07, 6.45) is 0. The zero-order valence-electron chi connectivity index (χ0n) is 10.9. The molecule has 0 aliphatic rings. The molecule has 104 valence electrons. The van der Waals surface area contributed by atoms with E-state index in [2.05, 4.69) is 5.32 Å². The average Bonchev–Trinajstić information content (AvgIpc) is 2.41. The van der Waals surface area contributed by atoms with Crippen molar-refractivity contribution in [1.29, 1.82) is 0 Å². The molecule has 0 saturated carbocycles. The second kappa shape index (κ2) is 5.84. The molecular weight excluding hydrogens is 278 g/mol. The van der Waals surface area contributed by atoms with Gasteiger partial charge in [0.05, 0.1) is 5.56 Å². The number of aromatic hydroxyl groups is 1. The first-order valence-corrected chi connectivity index (χ1v) is 6.41. The predicted molar refractivity (Wildman–Crippen MR) is 78.6 cm³/mol. The van der Waals surface area contributed by atoms with E-state index in [1.54, 1.807) is 37.3 Å². The molecule has 0 unspecified atom stereocenters. The summed E-state index contributed by atoms with van der Waals surface area (Å²) in [5, 5.41) is 22.6. The van der Waals surface area contributed by atoms with Crippen molar-refractivity contribution < 1.29 is 15.0 Å². The van der Waals surface area contributed by atoms with E-state index in [1.807, 2.05) is 0 Å². The molecule has 0 aliphatic heterocycles. The Kier molecular flexibility index (Phi) is 4.15. The van der Waals surface area contributed by atoms with E-state index in [0.717, 1.165) is 0 Å². The lowest BCUT2D eigenvalue weighted by atomic mass is 10.1. The molecule has 0 saturated heterocycles. The summed E-state index contributed by atoms with van der Waals surface area (Å²) in [6, 6.07) is 9.94. The number of hydrogen-bond acceptors (Lipinski definition) is 3. The molecule has 20 heavy (non-hydrogen) atoms. The molecule has 0 spiro atoms. The van der Waals surface area contributed by atoms with Gasteiger partial charge in [0, 0.05) is 22.8 Å². The van der Waals surface area contributed by atoms with Crippen LogP contribution >= 0.6 is 11.6 Å². The van der Waals surface area contributed by atoms with Gasteiger partial charge in [0.2, 0.25) is 0 Å². The number of carboxylic acids is 1.